The number of nitrogens with one attached hydrogen (secondary N) is 1. The molecule has 0 bridgehead atoms. The minimum Gasteiger partial charge on any atom is -0.468 e. The fraction of sp³-hybridized carbons (Fsp3) is 0.500. The first-order chi connectivity index (χ1) is 8.61. The minimum absolute atomic E-state index is 0.00435. The molecule has 98 valence electrons. The van der Waals surface area contributed by atoms with Crippen molar-refractivity contribution in [3.8, 4) is 0 Å². The van der Waals surface area contributed by atoms with E-state index in [-0.39, 0.29) is 23.9 Å². The molecule has 18 heavy (non-hydrogen) atoms. The van der Waals surface area contributed by atoms with Crippen LogP contribution in [0.25, 0.3) is 0 Å². The summed E-state index contributed by atoms with van der Waals surface area (Å²) in [6.07, 6.45) is 2.12. The van der Waals surface area contributed by atoms with Crippen LogP contribution in [0.5, 0.6) is 0 Å². The van der Waals surface area contributed by atoms with Gasteiger partial charge in [-0.15, -0.1) is 0 Å². The van der Waals surface area contributed by atoms with Crippen LogP contribution in [0.1, 0.15) is 31.4 Å². The number of rotatable bonds is 5. The molecule has 0 spiro atoms. The van der Waals surface area contributed by atoms with E-state index in [2.05, 4.69) is 5.32 Å². The summed E-state index contributed by atoms with van der Waals surface area (Å²) in [5.74, 6) is -0.0931. The van der Waals surface area contributed by atoms with Gasteiger partial charge in [0.25, 0.3) is 0 Å². The smallest absolute Gasteiger partial charge is 0.323 e. The van der Waals surface area contributed by atoms with Crippen LogP contribution < -0.4 is 5.32 Å². The monoisotopic (exact) mass is 251 g/mol. The number of halogens is 1. The summed E-state index contributed by atoms with van der Waals surface area (Å²) in [4.78, 5) is 11.7. The topological polar surface area (TPSA) is 38.3 Å². The molecular weight excluding hydrogens is 233 g/mol. The van der Waals surface area contributed by atoms with Gasteiger partial charge in [0.1, 0.15) is 11.9 Å². The number of esters is 1. The molecule has 1 N–H and O–H groups in total. The molecule has 4 heteroatoms. The third-order valence-electron chi connectivity index (χ3n) is 3.35. The van der Waals surface area contributed by atoms with Crippen molar-refractivity contribution in [2.75, 3.05) is 7.11 Å². The fourth-order valence-corrected chi connectivity index (χ4v) is 2.07. The Kier molecular flexibility index (Phi) is 3.97. The molecule has 1 aliphatic carbocycles. The van der Waals surface area contributed by atoms with E-state index in [0.717, 1.165) is 18.4 Å². The van der Waals surface area contributed by atoms with Gasteiger partial charge >= 0.3 is 5.97 Å². The van der Waals surface area contributed by atoms with Crippen molar-refractivity contribution in [1.29, 1.82) is 0 Å². The van der Waals surface area contributed by atoms with E-state index in [1.807, 2.05) is 6.92 Å². The zero-order chi connectivity index (χ0) is 13.1. The Morgan fingerprint density at radius 2 is 2.00 bits per heavy atom. The molecule has 3 nitrogen and oxygen atoms in total. The lowest BCUT2D eigenvalue weighted by Gasteiger charge is -2.21. The highest BCUT2D eigenvalue weighted by Gasteiger charge is 2.37. The van der Waals surface area contributed by atoms with Crippen molar-refractivity contribution in [1.82, 2.24) is 5.32 Å². The molecule has 2 atom stereocenters. The van der Waals surface area contributed by atoms with Gasteiger partial charge < -0.3 is 4.74 Å². The molecule has 2 unspecified atom stereocenters. The summed E-state index contributed by atoms with van der Waals surface area (Å²) in [5.41, 5.74) is 0.964. The number of hydrogen-bond donors (Lipinski definition) is 1. The standard InChI is InChI=1S/C14H18FNO2/c1-9(10-5-7-12(15)8-6-10)16-13(11-3-4-11)14(17)18-2/h5-9,11,13,16H,3-4H2,1-2H3. The van der Waals surface area contributed by atoms with E-state index < -0.39 is 0 Å². The maximum absolute atomic E-state index is 12.8. The predicted octanol–water partition coefficient (Wildman–Crippen LogP) is 2.43. The van der Waals surface area contributed by atoms with E-state index in [1.165, 1.54) is 19.2 Å². The van der Waals surface area contributed by atoms with E-state index in [1.54, 1.807) is 12.1 Å². The number of methoxy groups -OCH3 is 1. The first-order valence-electron chi connectivity index (χ1n) is 6.21. The van der Waals surface area contributed by atoms with Crippen molar-refractivity contribution in [3.63, 3.8) is 0 Å². The molecule has 0 amide bonds. The Morgan fingerprint density at radius 1 is 1.39 bits per heavy atom. The van der Waals surface area contributed by atoms with Crippen molar-refractivity contribution < 1.29 is 13.9 Å². The van der Waals surface area contributed by atoms with Gasteiger partial charge in [0.2, 0.25) is 0 Å². The second-order valence-corrected chi connectivity index (χ2v) is 4.78. The molecule has 0 aromatic heterocycles. The van der Waals surface area contributed by atoms with Gasteiger partial charge in [0.15, 0.2) is 0 Å². The maximum Gasteiger partial charge on any atom is 0.323 e. The lowest BCUT2D eigenvalue weighted by atomic mass is 10.1. The average molecular weight is 251 g/mol. The van der Waals surface area contributed by atoms with Crippen molar-refractivity contribution in [3.05, 3.63) is 35.6 Å². The Bertz CT molecular complexity index is 414. The maximum atomic E-state index is 12.8. The summed E-state index contributed by atoms with van der Waals surface area (Å²) >= 11 is 0. The zero-order valence-corrected chi connectivity index (χ0v) is 10.7. The molecule has 1 aromatic carbocycles. The third kappa shape index (κ3) is 3.07. The van der Waals surface area contributed by atoms with Crippen LogP contribution in [0.2, 0.25) is 0 Å². The number of ether oxygens (including phenoxy) is 1. The lowest BCUT2D eigenvalue weighted by molar-refractivity contribution is -0.144. The summed E-state index contributed by atoms with van der Waals surface area (Å²) in [7, 11) is 1.40. The first-order valence-corrected chi connectivity index (χ1v) is 6.21. The molecule has 1 aliphatic rings. The summed E-state index contributed by atoms with van der Waals surface area (Å²) in [5, 5.41) is 3.27. The van der Waals surface area contributed by atoms with Crippen molar-refractivity contribution in [2.45, 2.75) is 31.8 Å². The molecule has 0 aliphatic heterocycles. The van der Waals surface area contributed by atoms with Crippen LogP contribution in [0.15, 0.2) is 24.3 Å². The first kappa shape index (κ1) is 13.0. The van der Waals surface area contributed by atoms with Crippen LogP contribution in [0.3, 0.4) is 0 Å². The molecule has 0 saturated heterocycles. The Morgan fingerprint density at radius 3 is 2.50 bits per heavy atom. The summed E-state index contributed by atoms with van der Waals surface area (Å²) in [6, 6.07) is 6.06. The molecular formula is C14H18FNO2. The van der Waals surface area contributed by atoms with E-state index in [9.17, 15) is 9.18 Å². The molecule has 1 saturated carbocycles. The lowest BCUT2D eigenvalue weighted by Crippen LogP contribution is -2.40. The largest absolute Gasteiger partial charge is 0.468 e. The summed E-state index contributed by atoms with van der Waals surface area (Å²) in [6.45, 7) is 1.96. The molecule has 0 heterocycles. The minimum atomic E-state index is -0.255. The predicted molar refractivity (Wildman–Crippen MR) is 66.5 cm³/mol. The average Bonchev–Trinajstić information content (AvgIpc) is 3.20. The number of hydrogen-bond acceptors (Lipinski definition) is 3. The quantitative estimate of drug-likeness (QED) is 0.817. The van der Waals surface area contributed by atoms with Gasteiger partial charge in [0, 0.05) is 6.04 Å². The fourth-order valence-electron chi connectivity index (χ4n) is 2.07. The van der Waals surface area contributed by atoms with Crippen LogP contribution in [0, 0.1) is 11.7 Å². The Balaban J connectivity index is 2.02. The third-order valence-corrected chi connectivity index (χ3v) is 3.35. The highest BCUT2D eigenvalue weighted by Crippen LogP contribution is 2.34. The number of benzene rings is 1. The molecule has 1 aromatic rings. The van der Waals surface area contributed by atoms with Crippen LogP contribution in [0.4, 0.5) is 4.39 Å². The van der Waals surface area contributed by atoms with Crippen LogP contribution in [-0.4, -0.2) is 19.1 Å². The number of carbonyl (C=O) groups is 1. The van der Waals surface area contributed by atoms with Gasteiger partial charge in [0.05, 0.1) is 7.11 Å². The van der Waals surface area contributed by atoms with Crippen molar-refractivity contribution in [2.24, 2.45) is 5.92 Å². The second kappa shape index (κ2) is 5.48. The van der Waals surface area contributed by atoms with E-state index in [0.29, 0.717) is 5.92 Å². The van der Waals surface area contributed by atoms with Gasteiger partial charge in [-0.05, 0) is 43.4 Å². The highest BCUT2D eigenvalue weighted by atomic mass is 19.1. The van der Waals surface area contributed by atoms with Crippen LogP contribution >= 0.6 is 0 Å². The van der Waals surface area contributed by atoms with Gasteiger partial charge in [-0.2, -0.15) is 0 Å². The molecule has 1 fully saturated rings. The van der Waals surface area contributed by atoms with E-state index in [4.69, 9.17) is 4.74 Å². The van der Waals surface area contributed by atoms with E-state index >= 15 is 0 Å². The van der Waals surface area contributed by atoms with Gasteiger partial charge in [-0.1, -0.05) is 12.1 Å². The zero-order valence-electron chi connectivity index (χ0n) is 10.7. The SMILES string of the molecule is COC(=O)C(NC(C)c1ccc(F)cc1)C1CC1. The van der Waals surface area contributed by atoms with Crippen molar-refractivity contribution >= 4 is 5.97 Å². The van der Waals surface area contributed by atoms with Crippen LogP contribution in [-0.2, 0) is 9.53 Å². The normalized spacial score (nSPS) is 18.2. The molecule has 0 radical (unpaired) electrons. The van der Waals surface area contributed by atoms with Gasteiger partial charge in [-0.3, -0.25) is 10.1 Å². The second-order valence-electron chi connectivity index (χ2n) is 4.78. The Labute approximate surface area is 106 Å². The highest BCUT2D eigenvalue weighted by molar-refractivity contribution is 5.76. The Hall–Kier alpha value is -1.42. The number of carbonyl (C=O) groups excluding carboxylic acids is 1. The van der Waals surface area contributed by atoms with Gasteiger partial charge in [-0.25, -0.2) is 4.39 Å². The molecule has 2 rings (SSSR count). The summed E-state index contributed by atoms with van der Waals surface area (Å²) < 4.78 is 17.6.